The third kappa shape index (κ3) is 3.11. The summed E-state index contributed by atoms with van der Waals surface area (Å²) >= 11 is -0.352. The zero-order valence-electron chi connectivity index (χ0n) is 21.2. The van der Waals surface area contributed by atoms with Crippen molar-refractivity contribution in [3.05, 3.63) is 62.2 Å². The molecule has 0 radical (unpaired) electrons. The SMILES string of the molecule is CCCCC1=C[CH]([Zr-4]([CH3])([CH3])([CH3])([CH3])([CH]2C(C)=Cc3c2cc2c(c3Br)CCC2)=[Si](C)C)C=C1. The van der Waals surface area contributed by atoms with E-state index in [-0.39, 0.29) is 0 Å². The third-order valence-corrected chi connectivity index (χ3v) is 77.1. The van der Waals surface area contributed by atoms with E-state index in [1.54, 1.807) is 27.8 Å². The van der Waals surface area contributed by atoms with Crippen molar-refractivity contribution in [3.63, 3.8) is 0 Å². The Bertz CT molecular complexity index is 1190. The number of fused-ring (bicyclic) bond motifs is 2. The Balaban J connectivity index is 2.03. The normalized spacial score (nSPS) is 25.8. The number of rotatable bonds is 5. The van der Waals surface area contributed by atoms with Crippen LogP contribution in [0.5, 0.6) is 0 Å². The Morgan fingerprint density at radius 1 is 1.13 bits per heavy atom. The second-order valence-corrected chi connectivity index (χ2v) is 76.7. The van der Waals surface area contributed by atoms with Crippen molar-refractivity contribution in [1.82, 2.24) is 0 Å². The molecule has 1 aromatic rings. The average Bonchev–Trinajstić information content (AvgIpc) is 3.38. The predicted molar refractivity (Wildman–Crippen MR) is 144 cm³/mol. The zero-order chi connectivity index (χ0) is 22.9. The van der Waals surface area contributed by atoms with Crippen molar-refractivity contribution in [1.29, 1.82) is 0 Å². The van der Waals surface area contributed by atoms with Gasteiger partial charge in [-0.15, -0.1) is 0 Å². The fourth-order valence-electron chi connectivity index (χ4n) is 7.46. The summed E-state index contributed by atoms with van der Waals surface area (Å²) in [6, 6.07) is 2.65. The molecule has 1 aromatic carbocycles. The molecule has 0 spiro atoms. The van der Waals surface area contributed by atoms with Crippen LogP contribution in [0.4, 0.5) is 0 Å². The van der Waals surface area contributed by atoms with E-state index in [1.807, 2.05) is 0 Å². The molecular weight excluding hydrogens is 536 g/mol. The Morgan fingerprint density at radius 3 is 2.48 bits per heavy atom. The van der Waals surface area contributed by atoms with Gasteiger partial charge in [0.15, 0.2) is 0 Å². The molecule has 174 valence electrons. The van der Waals surface area contributed by atoms with Crippen molar-refractivity contribution in [2.75, 3.05) is 0 Å². The van der Waals surface area contributed by atoms with Gasteiger partial charge >= 0.3 is 195 Å². The Labute approximate surface area is 193 Å². The fourth-order valence-corrected chi connectivity index (χ4v) is 38.6. The third-order valence-electron chi connectivity index (χ3n) is 11.0. The van der Waals surface area contributed by atoms with Gasteiger partial charge < -0.3 is 0 Å². The summed E-state index contributed by atoms with van der Waals surface area (Å²) in [5.74, 6) is 0. The molecule has 0 nitrogen and oxygen atoms in total. The van der Waals surface area contributed by atoms with Crippen molar-refractivity contribution >= 4 is 27.4 Å². The van der Waals surface area contributed by atoms with Gasteiger partial charge in [0, 0.05) is 0 Å². The first kappa shape index (κ1) is 24.2. The van der Waals surface area contributed by atoms with Gasteiger partial charge in [0.1, 0.15) is 0 Å². The molecule has 3 aliphatic rings. The number of aryl methyl sites for hydroxylation is 1. The summed E-state index contributed by atoms with van der Waals surface area (Å²) in [7, 11) is 0. The van der Waals surface area contributed by atoms with E-state index < -0.39 is 19.9 Å². The summed E-state index contributed by atoms with van der Waals surface area (Å²) in [5.41, 5.74) is 8.92. The second-order valence-electron chi connectivity index (χ2n) is 15.0. The Morgan fingerprint density at radius 2 is 1.84 bits per heavy atom. The molecule has 0 heterocycles. The minimum absolute atomic E-state index is 0.578. The van der Waals surface area contributed by atoms with Gasteiger partial charge in [0.05, 0.1) is 0 Å². The van der Waals surface area contributed by atoms with Crippen LogP contribution in [0.15, 0.2) is 39.9 Å². The maximum atomic E-state index is 4.08. The molecule has 0 aliphatic heterocycles. The van der Waals surface area contributed by atoms with Gasteiger partial charge in [-0.3, -0.25) is 0 Å². The molecule has 0 bridgehead atoms. The van der Waals surface area contributed by atoms with Gasteiger partial charge in [-0.05, 0) is 0 Å². The molecule has 2 atom stereocenters. The minimum atomic E-state index is -4.43. The molecular formula is C28H43BrSiZr-4. The number of hydrogen-bond acceptors (Lipinski definition) is 0. The van der Waals surface area contributed by atoms with Crippen LogP contribution in [-0.4, -0.2) is 5.43 Å². The van der Waals surface area contributed by atoms with Crippen LogP contribution in [0.3, 0.4) is 0 Å². The van der Waals surface area contributed by atoms with Crippen LogP contribution in [-0.2, 0) is 27.3 Å². The van der Waals surface area contributed by atoms with Crippen LogP contribution < -0.4 is 0 Å². The Hall–Kier alpha value is 0.0200. The van der Waals surface area contributed by atoms with Crippen molar-refractivity contribution in [3.8, 4) is 0 Å². The van der Waals surface area contributed by atoms with Crippen LogP contribution in [0.2, 0.25) is 35.2 Å². The Kier molecular flexibility index (Phi) is 5.12. The first-order chi connectivity index (χ1) is 14.2. The van der Waals surface area contributed by atoms with E-state index in [1.165, 1.54) is 48.6 Å². The van der Waals surface area contributed by atoms with Crippen LogP contribution in [0.25, 0.3) is 6.08 Å². The number of unbranched alkanes of at least 4 members (excludes halogenated alkanes) is 1. The first-order valence-corrected chi connectivity index (χ1v) is 32.2. The molecule has 0 N–H and O–H groups in total. The van der Waals surface area contributed by atoms with Gasteiger partial charge in [-0.1, -0.05) is 0 Å². The van der Waals surface area contributed by atoms with E-state index in [4.69, 9.17) is 0 Å². The summed E-state index contributed by atoms with van der Waals surface area (Å²) in [6.45, 7) is 10.0. The summed E-state index contributed by atoms with van der Waals surface area (Å²) in [6.07, 6.45) is 18.0. The molecule has 31 heavy (non-hydrogen) atoms. The molecule has 0 aromatic heterocycles. The number of hydrogen-bond donors (Lipinski definition) is 0. The van der Waals surface area contributed by atoms with Gasteiger partial charge in [0.25, 0.3) is 0 Å². The molecule has 0 saturated heterocycles. The van der Waals surface area contributed by atoms with E-state index in [2.05, 4.69) is 91.8 Å². The standard InChI is InChI=1S/C13H12Br.C9H13.C2H6Si.4CH3.Zr/c1-8-5-10-7-9-3-2-4-11(9)13(14)12(10)6-8;1-2-3-6-9-7-4-5-8-9;1-3-2;;;;;/h5-7H,2-4H2,1H3;4-5,7-8H,2-3,6H2,1H3;1-2H3;4*1H3;/q;;;;;;;-4. The molecule has 3 aliphatic carbocycles. The number of benzene rings is 1. The quantitative estimate of drug-likeness (QED) is 0.305. The van der Waals surface area contributed by atoms with Crippen LogP contribution in [0.1, 0.15) is 65.4 Å². The van der Waals surface area contributed by atoms with Crippen molar-refractivity contribution < 1.29 is 14.4 Å². The second kappa shape index (κ2) is 6.57. The van der Waals surface area contributed by atoms with Gasteiger partial charge in [-0.25, -0.2) is 0 Å². The van der Waals surface area contributed by atoms with Crippen LogP contribution in [0, 0.1) is 0 Å². The number of allylic oxidation sites excluding steroid dienone is 5. The monoisotopic (exact) mass is 576 g/mol. The molecule has 0 amide bonds. The summed E-state index contributed by atoms with van der Waals surface area (Å²) in [5, 5.41) is 0. The molecule has 0 fully saturated rings. The zero-order valence-corrected chi connectivity index (χ0v) is 26.2. The summed E-state index contributed by atoms with van der Waals surface area (Å²) in [4.78, 5) is 0. The van der Waals surface area contributed by atoms with Gasteiger partial charge in [-0.2, -0.15) is 0 Å². The van der Waals surface area contributed by atoms with E-state index in [0.717, 1.165) is 0 Å². The van der Waals surface area contributed by atoms with E-state index in [0.29, 0.717) is 7.25 Å². The molecule has 2 unspecified atom stereocenters. The molecule has 3 heteroatoms. The first-order valence-electron chi connectivity index (χ1n) is 12.6. The van der Waals surface area contributed by atoms with Gasteiger partial charge in [0.2, 0.25) is 0 Å². The fraction of sp³-hybridized carbons (Fsp3) is 0.571. The molecule has 4 rings (SSSR count). The predicted octanol–water partition coefficient (Wildman–Crippen LogP) is 10.1. The maximum absolute atomic E-state index is 4.43. The van der Waals surface area contributed by atoms with Crippen molar-refractivity contribution in [2.45, 2.75) is 91.2 Å². The van der Waals surface area contributed by atoms with E-state index >= 15 is 0 Å². The van der Waals surface area contributed by atoms with Crippen molar-refractivity contribution in [2.24, 2.45) is 0 Å². The topological polar surface area (TPSA) is 0 Å². The average molecular weight is 579 g/mol. The van der Waals surface area contributed by atoms with E-state index in [9.17, 15) is 0 Å². The number of halogens is 1. The van der Waals surface area contributed by atoms with Crippen LogP contribution >= 0.6 is 15.9 Å². The molecule has 0 saturated carbocycles. The summed E-state index contributed by atoms with van der Waals surface area (Å²) < 4.78 is 14.0.